The molecule has 1 atom stereocenters. The molecule has 1 fully saturated rings. The van der Waals surface area contributed by atoms with Crippen LogP contribution in [-0.2, 0) is 20.1 Å². The molecular weight excluding hydrogens is 318 g/mol. The molecular formula is C18H25N5O2. The monoisotopic (exact) mass is 343 g/mol. The number of aryl methyl sites for hydroxylation is 1. The van der Waals surface area contributed by atoms with Crippen molar-refractivity contribution in [2.45, 2.75) is 38.8 Å². The zero-order valence-electron chi connectivity index (χ0n) is 14.8. The first-order chi connectivity index (χ1) is 12.0. The lowest BCUT2D eigenvalue weighted by molar-refractivity contribution is 0.0703. The summed E-state index contributed by atoms with van der Waals surface area (Å²) in [5, 5.41) is 4.41. The summed E-state index contributed by atoms with van der Waals surface area (Å²) in [6.07, 6.45) is 1.85. The van der Waals surface area contributed by atoms with E-state index in [0.29, 0.717) is 25.2 Å². The van der Waals surface area contributed by atoms with Crippen molar-refractivity contribution in [3.05, 3.63) is 51.7 Å². The Labute approximate surface area is 147 Å². The maximum absolute atomic E-state index is 12.8. The van der Waals surface area contributed by atoms with Crippen LogP contribution >= 0.6 is 0 Å². The Hall–Kier alpha value is -2.41. The number of likely N-dealkylation sites (tertiary alicyclic amines) is 1. The summed E-state index contributed by atoms with van der Waals surface area (Å²) in [5.41, 5.74) is 7.19. The van der Waals surface area contributed by atoms with Gasteiger partial charge in [0.15, 0.2) is 0 Å². The van der Waals surface area contributed by atoms with Gasteiger partial charge in [0.2, 0.25) is 0 Å². The highest BCUT2D eigenvalue weighted by atomic mass is 16.2. The van der Waals surface area contributed by atoms with E-state index in [1.165, 1.54) is 4.68 Å². The number of hydrogen-bond donors (Lipinski definition) is 1. The molecule has 2 heterocycles. The first-order valence-electron chi connectivity index (χ1n) is 8.77. The highest BCUT2D eigenvalue weighted by Gasteiger charge is 2.29. The number of nitrogens with zero attached hydrogens (tertiary/aromatic N) is 4. The summed E-state index contributed by atoms with van der Waals surface area (Å²) in [4.78, 5) is 26.8. The molecule has 0 saturated carbocycles. The van der Waals surface area contributed by atoms with Crippen molar-refractivity contribution in [3.8, 4) is 0 Å². The number of piperidine rings is 1. The third-order valence-electron chi connectivity index (χ3n) is 4.86. The maximum atomic E-state index is 12.8. The van der Waals surface area contributed by atoms with Gasteiger partial charge >= 0.3 is 5.69 Å². The van der Waals surface area contributed by atoms with Gasteiger partial charge < -0.3 is 10.6 Å². The first-order valence-corrected chi connectivity index (χ1v) is 8.77. The van der Waals surface area contributed by atoms with E-state index in [-0.39, 0.29) is 17.5 Å². The van der Waals surface area contributed by atoms with Gasteiger partial charge in [0.05, 0.1) is 0 Å². The van der Waals surface area contributed by atoms with Crippen molar-refractivity contribution < 1.29 is 4.79 Å². The van der Waals surface area contributed by atoms with E-state index in [2.05, 4.69) is 5.10 Å². The lowest BCUT2D eigenvalue weighted by atomic mass is 9.96. The molecule has 7 nitrogen and oxygen atoms in total. The summed E-state index contributed by atoms with van der Waals surface area (Å²) in [5.74, 6) is 0.899. The first kappa shape index (κ1) is 17.4. The van der Waals surface area contributed by atoms with E-state index in [1.807, 2.05) is 36.1 Å². The second-order valence-electron chi connectivity index (χ2n) is 6.50. The van der Waals surface area contributed by atoms with Crippen LogP contribution in [0.15, 0.2) is 29.1 Å². The van der Waals surface area contributed by atoms with Crippen molar-refractivity contribution in [2.24, 2.45) is 12.8 Å². The van der Waals surface area contributed by atoms with E-state index >= 15 is 0 Å². The van der Waals surface area contributed by atoms with E-state index in [4.69, 9.17) is 5.73 Å². The lowest BCUT2D eigenvalue weighted by Crippen LogP contribution is -2.40. The number of hydrogen-bond acceptors (Lipinski definition) is 4. The van der Waals surface area contributed by atoms with Crippen LogP contribution in [0.25, 0.3) is 0 Å². The number of aromatic nitrogens is 3. The largest absolute Gasteiger partial charge is 0.345 e. The zero-order valence-corrected chi connectivity index (χ0v) is 14.8. The Balaban J connectivity index is 1.80. The van der Waals surface area contributed by atoms with Gasteiger partial charge in [-0.05, 0) is 37.5 Å². The quantitative estimate of drug-likeness (QED) is 0.900. The maximum Gasteiger partial charge on any atom is 0.345 e. The molecule has 1 saturated heterocycles. The van der Waals surface area contributed by atoms with Crippen molar-refractivity contribution in [2.75, 3.05) is 13.1 Å². The minimum Gasteiger partial charge on any atom is -0.338 e. The Bertz CT molecular complexity index is 806. The third-order valence-corrected chi connectivity index (χ3v) is 4.86. The highest BCUT2D eigenvalue weighted by Crippen LogP contribution is 2.26. The fourth-order valence-corrected chi connectivity index (χ4v) is 3.46. The molecule has 25 heavy (non-hydrogen) atoms. The number of carbonyl (C=O) groups is 1. The molecule has 3 rings (SSSR count). The van der Waals surface area contributed by atoms with Gasteiger partial charge in [-0.1, -0.05) is 12.1 Å². The van der Waals surface area contributed by atoms with Crippen LogP contribution in [0.1, 0.15) is 47.4 Å². The molecule has 1 aliphatic heterocycles. The van der Waals surface area contributed by atoms with Gasteiger partial charge in [-0.15, -0.1) is 0 Å². The smallest absolute Gasteiger partial charge is 0.338 e. The van der Waals surface area contributed by atoms with Gasteiger partial charge in [-0.3, -0.25) is 9.36 Å². The predicted octanol–water partition coefficient (Wildman–Crippen LogP) is 1.08. The van der Waals surface area contributed by atoms with E-state index in [0.717, 1.165) is 30.8 Å². The normalized spacial score (nSPS) is 17.7. The molecule has 0 spiro atoms. The fourth-order valence-electron chi connectivity index (χ4n) is 3.46. The lowest BCUT2D eigenvalue weighted by Gasteiger charge is -2.32. The van der Waals surface area contributed by atoms with Crippen molar-refractivity contribution in [1.29, 1.82) is 0 Å². The molecule has 1 aliphatic rings. The van der Waals surface area contributed by atoms with Crippen LogP contribution in [0, 0.1) is 0 Å². The second-order valence-corrected chi connectivity index (χ2v) is 6.50. The van der Waals surface area contributed by atoms with Crippen LogP contribution in [0.5, 0.6) is 0 Å². The topological polar surface area (TPSA) is 86.2 Å². The van der Waals surface area contributed by atoms with Gasteiger partial charge in [-0.2, -0.15) is 5.10 Å². The van der Waals surface area contributed by atoms with Crippen LogP contribution in [0.4, 0.5) is 0 Å². The number of benzene rings is 1. The van der Waals surface area contributed by atoms with E-state index in [1.54, 1.807) is 11.6 Å². The Morgan fingerprint density at radius 1 is 1.32 bits per heavy atom. The highest BCUT2D eigenvalue weighted by molar-refractivity contribution is 5.94. The van der Waals surface area contributed by atoms with Crippen LogP contribution in [0.2, 0.25) is 0 Å². The summed E-state index contributed by atoms with van der Waals surface area (Å²) < 4.78 is 3.08. The van der Waals surface area contributed by atoms with Gasteiger partial charge in [0.25, 0.3) is 5.91 Å². The molecule has 0 bridgehead atoms. The number of rotatable bonds is 4. The molecule has 2 aromatic rings. The molecule has 0 radical (unpaired) electrons. The Morgan fingerprint density at radius 3 is 2.68 bits per heavy atom. The summed E-state index contributed by atoms with van der Waals surface area (Å²) in [7, 11) is 1.67. The van der Waals surface area contributed by atoms with Crippen LogP contribution < -0.4 is 11.4 Å². The molecule has 7 heteroatoms. The second kappa shape index (κ2) is 7.23. The SMILES string of the molecule is CCn1c([C@H]2CCCN(C(=O)c3ccc(CN)cc3)C2)nn(C)c1=O. The molecule has 1 aromatic heterocycles. The molecule has 1 amide bonds. The van der Waals surface area contributed by atoms with E-state index < -0.39 is 0 Å². The minimum atomic E-state index is -0.0988. The van der Waals surface area contributed by atoms with Crippen LogP contribution in [-0.4, -0.2) is 38.2 Å². The number of nitrogens with two attached hydrogens (primary N) is 1. The third kappa shape index (κ3) is 3.37. The van der Waals surface area contributed by atoms with E-state index in [9.17, 15) is 9.59 Å². The van der Waals surface area contributed by atoms with Crippen molar-refractivity contribution in [1.82, 2.24) is 19.2 Å². The molecule has 0 aliphatic carbocycles. The fraction of sp³-hybridized carbons (Fsp3) is 0.500. The number of amides is 1. The molecule has 0 unspecified atom stereocenters. The summed E-state index contributed by atoms with van der Waals surface area (Å²) in [6, 6.07) is 7.44. The Kier molecular flexibility index (Phi) is 5.03. The average Bonchev–Trinajstić information content (AvgIpc) is 2.95. The summed E-state index contributed by atoms with van der Waals surface area (Å²) >= 11 is 0. The van der Waals surface area contributed by atoms with Crippen molar-refractivity contribution >= 4 is 5.91 Å². The number of carbonyl (C=O) groups excluding carboxylic acids is 1. The predicted molar refractivity (Wildman–Crippen MR) is 95.4 cm³/mol. The molecule has 2 N–H and O–H groups in total. The van der Waals surface area contributed by atoms with Gasteiger partial charge in [0, 0.05) is 44.7 Å². The van der Waals surface area contributed by atoms with Gasteiger partial charge in [0.1, 0.15) is 5.82 Å². The standard InChI is InChI=1S/C18H25N5O2/c1-3-23-16(20-21(2)18(23)25)15-5-4-10-22(12-15)17(24)14-8-6-13(11-19)7-9-14/h6-9,15H,3-5,10-12,19H2,1-2H3/t15-/m0/s1. The molecule has 1 aromatic carbocycles. The minimum absolute atomic E-state index is 0.0228. The zero-order chi connectivity index (χ0) is 18.0. The van der Waals surface area contributed by atoms with Crippen molar-refractivity contribution in [3.63, 3.8) is 0 Å². The molecule has 134 valence electrons. The Morgan fingerprint density at radius 2 is 2.04 bits per heavy atom. The van der Waals surface area contributed by atoms with Gasteiger partial charge in [-0.25, -0.2) is 9.48 Å². The van der Waals surface area contributed by atoms with Crippen LogP contribution in [0.3, 0.4) is 0 Å². The summed E-state index contributed by atoms with van der Waals surface area (Å²) in [6.45, 7) is 4.32. The average molecular weight is 343 g/mol.